The number of rotatable bonds is 5. The molecular formula is C17H17N3O5S. The van der Waals surface area contributed by atoms with Crippen molar-refractivity contribution in [3.63, 3.8) is 0 Å². The molecule has 1 amide bonds. The molecule has 136 valence electrons. The molecule has 2 aromatic rings. The fourth-order valence-corrected chi connectivity index (χ4v) is 4.37. The maximum Gasteiger partial charge on any atom is 0.292 e. The van der Waals surface area contributed by atoms with Crippen LogP contribution in [0.4, 0.5) is 11.4 Å². The van der Waals surface area contributed by atoms with Crippen molar-refractivity contribution in [3.05, 3.63) is 64.2 Å². The number of amides is 1. The zero-order chi connectivity index (χ0) is 18.7. The number of para-hydroxylation sites is 2. The number of carbonyl (C=O) groups is 1. The van der Waals surface area contributed by atoms with Crippen LogP contribution in [0, 0.1) is 10.1 Å². The molecule has 0 unspecified atom stereocenters. The van der Waals surface area contributed by atoms with Gasteiger partial charge in [0.25, 0.3) is 11.6 Å². The van der Waals surface area contributed by atoms with Crippen LogP contribution in [0.5, 0.6) is 0 Å². The lowest BCUT2D eigenvalue weighted by molar-refractivity contribution is -0.383. The van der Waals surface area contributed by atoms with Crippen LogP contribution in [0.3, 0.4) is 0 Å². The highest BCUT2D eigenvalue weighted by atomic mass is 32.2. The maximum absolute atomic E-state index is 12.6. The van der Waals surface area contributed by atoms with Crippen molar-refractivity contribution in [1.29, 1.82) is 0 Å². The third-order valence-corrected chi connectivity index (χ3v) is 6.04. The first-order valence-corrected chi connectivity index (χ1v) is 9.48. The van der Waals surface area contributed by atoms with Crippen LogP contribution in [-0.2, 0) is 10.0 Å². The Bertz CT molecular complexity index is 952. The first kappa shape index (κ1) is 18.0. The summed E-state index contributed by atoms with van der Waals surface area (Å²) in [6.45, 7) is 0.934. The van der Waals surface area contributed by atoms with Crippen molar-refractivity contribution in [2.75, 3.05) is 18.4 Å². The standard InChI is InChI=1S/C17H17N3O5S/c21-17(18-15-8-1-2-9-16(15)20(22)23)13-6-5-7-14(12-13)26(24,25)19-10-3-4-11-19/h1-2,5-9,12H,3-4,10-11H2,(H,18,21). The number of anilines is 1. The van der Waals surface area contributed by atoms with Gasteiger partial charge in [-0.05, 0) is 37.1 Å². The minimum atomic E-state index is -3.64. The van der Waals surface area contributed by atoms with E-state index in [4.69, 9.17) is 0 Å². The van der Waals surface area contributed by atoms with E-state index in [0.717, 1.165) is 12.8 Å². The molecule has 2 aromatic carbocycles. The van der Waals surface area contributed by atoms with Gasteiger partial charge in [-0.2, -0.15) is 4.31 Å². The molecule has 9 heteroatoms. The molecule has 3 rings (SSSR count). The Kier molecular flexibility index (Phi) is 5.01. The first-order chi connectivity index (χ1) is 12.4. The zero-order valence-electron chi connectivity index (χ0n) is 13.8. The molecule has 0 atom stereocenters. The van der Waals surface area contributed by atoms with Crippen molar-refractivity contribution in [1.82, 2.24) is 4.31 Å². The third kappa shape index (κ3) is 3.58. The number of hydrogen-bond acceptors (Lipinski definition) is 5. The summed E-state index contributed by atoms with van der Waals surface area (Å²) in [6.07, 6.45) is 1.63. The summed E-state index contributed by atoms with van der Waals surface area (Å²) in [7, 11) is -3.64. The molecule has 8 nitrogen and oxygen atoms in total. The number of hydrogen-bond donors (Lipinski definition) is 1. The van der Waals surface area contributed by atoms with E-state index in [1.54, 1.807) is 6.07 Å². The third-order valence-electron chi connectivity index (χ3n) is 4.15. The van der Waals surface area contributed by atoms with Crippen LogP contribution in [-0.4, -0.2) is 36.6 Å². The molecule has 1 fully saturated rings. The van der Waals surface area contributed by atoms with Gasteiger partial charge in [0.05, 0.1) is 9.82 Å². The Morgan fingerprint density at radius 2 is 1.77 bits per heavy atom. The molecule has 1 saturated heterocycles. The highest BCUT2D eigenvalue weighted by Crippen LogP contribution is 2.25. The highest BCUT2D eigenvalue weighted by molar-refractivity contribution is 7.89. The Morgan fingerprint density at radius 1 is 1.08 bits per heavy atom. The van der Waals surface area contributed by atoms with E-state index in [0.29, 0.717) is 13.1 Å². The van der Waals surface area contributed by atoms with Crippen molar-refractivity contribution in [2.24, 2.45) is 0 Å². The Morgan fingerprint density at radius 3 is 2.46 bits per heavy atom. The van der Waals surface area contributed by atoms with Gasteiger partial charge in [0, 0.05) is 24.7 Å². The minimum Gasteiger partial charge on any atom is -0.316 e. The lowest BCUT2D eigenvalue weighted by Crippen LogP contribution is -2.28. The summed E-state index contributed by atoms with van der Waals surface area (Å²) in [5.74, 6) is -0.613. The Labute approximate surface area is 150 Å². The van der Waals surface area contributed by atoms with Crippen LogP contribution in [0.2, 0.25) is 0 Å². The van der Waals surface area contributed by atoms with E-state index < -0.39 is 20.9 Å². The lowest BCUT2D eigenvalue weighted by atomic mass is 10.2. The monoisotopic (exact) mass is 375 g/mol. The molecule has 1 heterocycles. The van der Waals surface area contributed by atoms with Gasteiger partial charge in [0.1, 0.15) is 5.69 Å². The molecular weight excluding hydrogens is 358 g/mol. The molecule has 0 aliphatic carbocycles. The molecule has 26 heavy (non-hydrogen) atoms. The summed E-state index contributed by atoms with van der Waals surface area (Å²) in [5, 5.41) is 13.5. The molecule has 0 aromatic heterocycles. The molecule has 0 radical (unpaired) electrons. The molecule has 0 saturated carbocycles. The van der Waals surface area contributed by atoms with Crippen LogP contribution >= 0.6 is 0 Å². The molecule has 1 aliphatic heterocycles. The number of sulfonamides is 1. The fourth-order valence-electron chi connectivity index (χ4n) is 2.81. The van der Waals surface area contributed by atoms with Gasteiger partial charge >= 0.3 is 0 Å². The summed E-state index contributed by atoms with van der Waals surface area (Å²) < 4.78 is 26.6. The Hall–Kier alpha value is -2.78. The van der Waals surface area contributed by atoms with Crippen LogP contribution < -0.4 is 5.32 Å². The predicted octanol–water partition coefficient (Wildman–Crippen LogP) is 2.63. The summed E-state index contributed by atoms with van der Waals surface area (Å²) >= 11 is 0. The zero-order valence-corrected chi connectivity index (χ0v) is 14.6. The van der Waals surface area contributed by atoms with Gasteiger partial charge < -0.3 is 5.32 Å². The van der Waals surface area contributed by atoms with Crippen LogP contribution in [0.15, 0.2) is 53.4 Å². The number of nitro groups is 1. The lowest BCUT2D eigenvalue weighted by Gasteiger charge is -2.16. The van der Waals surface area contributed by atoms with Crippen molar-refractivity contribution in [3.8, 4) is 0 Å². The van der Waals surface area contributed by atoms with E-state index in [9.17, 15) is 23.3 Å². The Balaban J connectivity index is 1.87. The molecule has 0 bridgehead atoms. The van der Waals surface area contributed by atoms with Crippen molar-refractivity contribution in [2.45, 2.75) is 17.7 Å². The first-order valence-electron chi connectivity index (χ1n) is 8.04. The predicted molar refractivity (Wildman–Crippen MR) is 95.5 cm³/mol. The second kappa shape index (κ2) is 7.22. The number of nitro benzene ring substituents is 1. The minimum absolute atomic E-state index is 0.0367. The smallest absolute Gasteiger partial charge is 0.292 e. The van der Waals surface area contributed by atoms with E-state index in [-0.39, 0.29) is 21.8 Å². The normalized spacial score (nSPS) is 14.9. The topological polar surface area (TPSA) is 110 Å². The van der Waals surface area contributed by atoms with Gasteiger partial charge in [-0.3, -0.25) is 14.9 Å². The van der Waals surface area contributed by atoms with Crippen molar-refractivity contribution >= 4 is 27.3 Å². The van der Waals surface area contributed by atoms with Gasteiger partial charge in [-0.15, -0.1) is 0 Å². The number of carbonyl (C=O) groups excluding carboxylic acids is 1. The van der Waals surface area contributed by atoms with E-state index in [1.807, 2.05) is 0 Å². The van der Waals surface area contributed by atoms with Gasteiger partial charge in [0.2, 0.25) is 10.0 Å². The van der Waals surface area contributed by atoms with Gasteiger partial charge in [-0.1, -0.05) is 18.2 Å². The maximum atomic E-state index is 12.6. The average molecular weight is 375 g/mol. The number of nitrogens with zero attached hydrogens (tertiary/aromatic N) is 2. The van der Waals surface area contributed by atoms with E-state index in [1.165, 1.54) is 46.8 Å². The summed E-state index contributed by atoms with van der Waals surface area (Å²) in [5.41, 5.74) is -0.0691. The molecule has 1 N–H and O–H groups in total. The van der Waals surface area contributed by atoms with Gasteiger partial charge in [0.15, 0.2) is 0 Å². The second-order valence-electron chi connectivity index (χ2n) is 5.87. The fraction of sp³-hybridized carbons (Fsp3) is 0.235. The van der Waals surface area contributed by atoms with Crippen molar-refractivity contribution < 1.29 is 18.1 Å². The quantitative estimate of drug-likeness (QED) is 0.638. The van der Waals surface area contributed by atoms with E-state index >= 15 is 0 Å². The van der Waals surface area contributed by atoms with E-state index in [2.05, 4.69) is 5.32 Å². The number of nitrogens with one attached hydrogen (secondary N) is 1. The molecule has 0 spiro atoms. The van der Waals surface area contributed by atoms with Crippen LogP contribution in [0.1, 0.15) is 23.2 Å². The van der Waals surface area contributed by atoms with Crippen LogP contribution in [0.25, 0.3) is 0 Å². The second-order valence-corrected chi connectivity index (χ2v) is 7.81. The van der Waals surface area contributed by atoms with Gasteiger partial charge in [-0.25, -0.2) is 8.42 Å². The largest absolute Gasteiger partial charge is 0.316 e. The average Bonchev–Trinajstić information content (AvgIpc) is 3.17. The number of benzene rings is 2. The molecule has 1 aliphatic rings. The summed E-state index contributed by atoms with van der Waals surface area (Å²) in [4.78, 5) is 22.9. The highest BCUT2D eigenvalue weighted by Gasteiger charge is 2.27. The SMILES string of the molecule is O=C(Nc1ccccc1[N+](=O)[O-])c1cccc(S(=O)(=O)N2CCCC2)c1. The summed E-state index contributed by atoms with van der Waals surface area (Å²) in [6, 6.07) is 11.4.